The van der Waals surface area contributed by atoms with E-state index in [1.165, 1.54) is 12.1 Å². The van der Waals surface area contributed by atoms with Gasteiger partial charge in [-0.2, -0.15) is 0 Å². The van der Waals surface area contributed by atoms with Crippen LogP contribution in [0.5, 0.6) is 5.75 Å². The molecule has 1 amide bonds. The largest absolute Gasteiger partial charge is 0.490 e. The predicted molar refractivity (Wildman–Crippen MR) is 71.8 cm³/mol. The molecule has 0 atom stereocenters. The summed E-state index contributed by atoms with van der Waals surface area (Å²) < 4.78 is 18.4. The fraction of sp³-hybridized carbons (Fsp3) is 0.286. The number of hydrogen-bond donors (Lipinski definition) is 2. The van der Waals surface area contributed by atoms with Crippen LogP contribution in [0.1, 0.15) is 12.1 Å². The minimum Gasteiger partial charge on any atom is -0.490 e. The topological polar surface area (TPSA) is 67.0 Å². The highest BCUT2D eigenvalue weighted by atomic mass is 19.1. The maximum Gasteiger partial charge on any atom is 0.223 e. The lowest BCUT2D eigenvalue weighted by Gasteiger charge is -2.07. The molecule has 0 fully saturated rings. The Hall–Kier alpha value is -2.37. The van der Waals surface area contributed by atoms with Crippen molar-refractivity contribution in [1.82, 2.24) is 15.3 Å². The van der Waals surface area contributed by atoms with Gasteiger partial charge in [0.25, 0.3) is 0 Å². The molecular weight excluding hydrogens is 261 g/mol. The fourth-order valence-electron chi connectivity index (χ4n) is 1.66. The Morgan fingerprint density at radius 1 is 1.40 bits per heavy atom. The molecule has 0 bridgehead atoms. The Labute approximate surface area is 116 Å². The van der Waals surface area contributed by atoms with Crippen LogP contribution in [0, 0.1) is 5.82 Å². The standard InChI is InChI=1S/C14H16FN3O2/c15-12-3-1-2-4-13(12)20-8-6-14(19)17-7-5-11-9-16-10-18-11/h1-4,9-10H,5-8H2,(H,16,18)(H,17,19). The molecule has 0 saturated heterocycles. The van der Waals surface area contributed by atoms with E-state index >= 15 is 0 Å². The summed E-state index contributed by atoms with van der Waals surface area (Å²) in [6.45, 7) is 0.678. The van der Waals surface area contributed by atoms with Gasteiger partial charge in [-0.25, -0.2) is 9.37 Å². The molecule has 0 aliphatic rings. The number of amides is 1. The number of nitrogens with zero attached hydrogens (tertiary/aromatic N) is 1. The third-order valence-corrected chi connectivity index (χ3v) is 2.69. The number of hydrogen-bond acceptors (Lipinski definition) is 3. The maximum atomic E-state index is 13.2. The molecule has 0 radical (unpaired) electrons. The fourth-order valence-corrected chi connectivity index (χ4v) is 1.66. The first-order chi connectivity index (χ1) is 9.75. The Morgan fingerprint density at radius 2 is 2.25 bits per heavy atom. The van der Waals surface area contributed by atoms with Gasteiger partial charge in [-0.15, -0.1) is 0 Å². The van der Waals surface area contributed by atoms with Crippen LogP contribution in [-0.4, -0.2) is 29.0 Å². The third-order valence-electron chi connectivity index (χ3n) is 2.69. The molecule has 1 heterocycles. The molecule has 2 N–H and O–H groups in total. The summed E-state index contributed by atoms with van der Waals surface area (Å²) in [5.74, 6) is -0.384. The Bertz CT molecular complexity index is 543. The van der Waals surface area contributed by atoms with E-state index in [-0.39, 0.29) is 24.7 Å². The molecule has 106 valence electrons. The van der Waals surface area contributed by atoms with Crippen molar-refractivity contribution in [3.8, 4) is 5.75 Å². The molecule has 2 rings (SSSR count). The summed E-state index contributed by atoms with van der Waals surface area (Å²) in [6.07, 6.45) is 4.20. The number of ether oxygens (including phenoxy) is 1. The van der Waals surface area contributed by atoms with E-state index in [0.717, 1.165) is 5.69 Å². The van der Waals surface area contributed by atoms with Crippen molar-refractivity contribution in [2.45, 2.75) is 12.8 Å². The quantitative estimate of drug-likeness (QED) is 0.809. The molecule has 0 saturated carbocycles. The number of halogens is 1. The van der Waals surface area contributed by atoms with Crippen molar-refractivity contribution >= 4 is 5.91 Å². The summed E-state index contributed by atoms with van der Waals surface area (Å²) in [6, 6.07) is 6.12. The minimum absolute atomic E-state index is 0.124. The molecule has 0 unspecified atom stereocenters. The molecular formula is C14H16FN3O2. The van der Waals surface area contributed by atoms with E-state index < -0.39 is 5.82 Å². The van der Waals surface area contributed by atoms with Gasteiger partial charge in [0, 0.05) is 24.9 Å². The number of para-hydroxylation sites is 1. The normalized spacial score (nSPS) is 10.2. The van der Waals surface area contributed by atoms with Crippen molar-refractivity contribution in [1.29, 1.82) is 0 Å². The number of nitrogens with one attached hydrogen (secondary N) is 2. The highest BCUT2D eigenvalue weighted by molar-refractivity contribution is 5.75. The number of carbonyl (C=O) groups excluding carboxylic acids is 1. The van der Waals surface area contributed by atoms with Crippen LogP contribution in [0.2, 0.25) is 0 Å². The van der Waals surface area contributed by atoms with Gasteiger partial charge in [-0.1, -0.05) is 12.1 Å². The highest BCUT2D eigenvalue weighted by Crippen LogP contribution is 2.15. The van der Waals surface area contributed by atoms with Crippen molar-refractivity contribution in [2.24, 2.45) is 0 Å². The van der Waals surface area contributed by atoms with Gasteiger partial charge in [-0.05, 0) is 12.1 Å². The number of aromatic amines is 1. The van der Waals surface area contributed by atoms with E-state index in [1.807, 2.05) is 0 Å². The molecule has 20 heavy (non-hydrogen) atoms. The van der Waals surface area contributed by atoms with E-state index in [1.54, 1.807) is 24.7 Å². The van der Waals surface area contributed by atoms with E-state index in [4.69, 9.17) is 4.74 Å². The molecule has 1 aromatic heterocycles. The minimum atomic E-state index is -0.424. The molecule has 0 aliphatic heterocycles. The smallest absolute Gasteiger partial charge is 0.223 e. The zero-order chi connectivity index (χ0) is 14.2. The summed E-state index contributed by atoms with van der Waals surface area (Å²) in [5.41, 5.74) is 0.966. The Morgan fingerprint density at radius 3 is 3.00 bits per heavy atom. The number of H-pyrrole nitrogens is 1. The van der Waals surface area contributed by atoms with Crippen molar-refractivity contribution in [3.63, 3.8) is 0 Å². The summed E-state index contributed by atoms with van der Waals surface area (Å²) in [7, 11) is 0. The molecule has 6 heteroatoms. The molecule has 5 nitrogen and oxygen atoms in total. The van der Waals surface area contributed by atoms with Crippen LogP contribution in [0.15, 0.2) is 36.8 Å². The SMILES string of the molecule is O=C(CCOc1ccccc1F)NCCc1cnc[nH]1. The highest BCUT2D eigenvalue weighted by Gasteiger charge is 2.04. The zero-order valence-corrected chi connectivity index (χ0v) is 10.9. The molecule has 0 spiro atoms. The van der Waals surface area contributed by atoms with Crippen LogP contribution in [-0.2, 0) is 11.2 Å². The monoisotopic (exact) mass is 277 g/mol. The Balaban J connectivity index is 1.62. The van der Waals surface area contributed by atoms with E-state index in [0.29, 0.717) is 13.0 Å². The first kappa shape index (κ1) is 14.0. The van der Waals surface area contributed by atoms with Crippen molar-refractivity contribution in [2.75, 3.05) is 13.2 Å². The average Bonchev–Trinajstić information content (AvgIpc) is 2.94. The summed E-state index contributed by atoms with van der Waals surface area (Å²) in [4.78, 5) is 18.4. The first-order valence-corrected chi connectivity index (χ1v) is 6.37. The number of rotatable bonds is 7. The number of imidazole rings is 1. The van der Waals surface area contributed by atoms with Gasteiger partial charge >= 0.3 is 0 Å². The summed E-state index contributed by atoms with van der Waals surface area (Å²) in [5, 5.41) is 2.76. The second kappa shape index (κ2) is 7.28. The van der Waals surface area contributed by atoms with Crippen LogP contribution in [0.3, 0.4) is 0 Å². The van der Waals surface area contributed by atoms with Crippen LogP contribution >= 0.6 is 0 Å². The van der Waals surface area contributed by atoms with Gasteiger partial charge in [-0.3, -0.25) is 4.79 Å². The van der Waals surface area contributed by atoms with Crippen molar-refractivity contribution < 1.29 is 13.9 Å². The second-order valence-corrected chi connectivity index (χ2v) is 4.21. The van der Waals surface area contributed by atoms with Gasteiger partial charge < -0.3 is 15.0 Å². The van der Waals surface area contributed by atoms with E-state index in [9.17, 15) is 9.18 Å². The maximum absolute atomic E-state index is 13.2. The number of aromatic nitrogens is 2. The first-order valence-electron chi connectivity index (χ1n) is 6.37. The summed E-state index contributed by atoms with van der Waals surface area (Å²) >= 11 is 0. The van der Waals surface area contributed by atoms with Gasteiger partial charge in [0.05, 0.1) is 19.4 Å². The number of carbonyl (C=O) groups is 1. The van der Waals surface area contributed by atoms with Gasteiger partial charge in [0.1, 0.15) is 0 Å². The lowest BCUT2D eigenvalue weighted by atomic mass is 10.3. The average molecular weight is 277 g/mol. The second-order valence-electron chi connectivity index (χ2n) is 4.21. The zero-order valence-electron chi connectivity index (χ0n) is 10.9. The van der Waals surface area contributed by atoms with Crippen LogP contribution < -0.4 is 10.1 Å². The lowest BCUT2D eigenvalue weighted by molar-refractivity contribution is -0.121. The molecule has 1 aromatic carbocycles. The number of benzene rings is 1. The van der Waals surface area contributed by atoms with Crippen molar-refractivity contribution in [3.05, 3.63) is 48.3 Å². The predicted octanol–water partition coefficient (Wildman–Crippen LogP) is 1.68. The van der Waals surface area contributed by atoms with Crippen LogP contribution in [0.25, 0.3) is 0 Å². The van der Waals surface area contributed by atoms with Gasteiger partial charge in [0.2, 0.25) is 5.91 Å². The van der Waals surface area contributed by atoms with E-state index in [2.05, 4.69) is 15.3 Å². The lowest BCUT2D eigenvalue weighted by Crippen LogP contribution is -2.27. The third kappa shape index (κ3) is 4.38. The molecule has 2 aromatic rings. The Kier molecular flexibility index (Phi) is 5.11. The van der Waals surface area contributed by atoms with Crippen LogP contribution in [0.4, 0.5) is 4.39 Å². The van der Waals surface area contributed by atoms with Gasteiger partial charge in [0.15, 0.2) is 11.6 Å². The molecule has 0 aliphatic carbocycles.